The van der Waals surface area contributed by atoms with Crippen LogP contribution in [-0.4, -0.2) is 94.1 Å². The highest BCUT2D eigenvalue weighted by Crippen LogP contribution is 2.32. The number of thiazole rings is 1. The van der Waals surface area contributed by atoms with E-state index < -0.39 is 6.10 Å². The summed E-state index contributed by atoms with van der Waals surface area (Å²) < 4.78 is 18.0. The first-order valence-corrected chi connectivity index (χ1v) is 16.1. The molecule has 2 fully saturated rings. The summed E-state index contributed by atoms with van der Waals surface area (Å²) in [4.78, 5) is 31.2. The Bertz CT molecular complexity index is 1660. The molecule has 2 saturated heterocycles. The Hall–Kier alpha value is -3.75. The van der Waals surface area contributed by atoms with Crippen molar-refractivity contribution in [2.75, 3.05) is 52.5 Å². The summed E-state index contributed by atoms with van der Waals surface area (Å²) in [7, 11) is 0. The van der Waals surface area contributed by atoms with E-state index >= 15 is 0 Å². The fraction of sp³-hybridized carbons (Fsp3) is 0.469. The quantitative estimate of drug-likeness (QED) is 0.193. The number of carbonyl (C=O) groups is 1. The van der Waals surface area contributed by atoms with Gasteiger partial charge in [0.1, 0.15) is 29.4 Å². The number of aromatic nitrogens is 2. The van der Waals surface area contributed by atoms with Crippen molar-refractivity contribution in [2.24, 2.45) is 0 Å². The third-order valence-corrected chi connectivity index (χ3v) is 9.52. The van der Waals surface area contributed by atoms with Crippen LogP contribution in [-0.2, 0) is 22.5 Å². The Morgan fingerprint density at radius 3 is 2.76 bits per heavy atom. The molecule has 0 unspecified atom stereocenters. The van der Waals surface area contributed by atoms with Crippen molar-refractivity contribution in [1.82, 2.24) is 25.3 Å². The monoisotopic (exact) mass is 637 g/mol. The zero-order valence-electron chi connectivity index (χ0n) is 25.3. The van der Waals surface area contributed by atoms with Crippen molar-refractivity contribution in [1.29, 1.82) is 0 Å². The lowest BCUT2D eigenvalue weighted by Gasteiger charge is -2.47. The van der Waals surface area contributed by atoms with E-state index in [0.29, 0.717) is 60.9 Å². The highest BCUT2D eigenvalue weighted by atomic mass is 32.1. The summed E-state index contributed by atoms with van der Waals surface area (Å²) in [6, 6.07) is 12.8. The van der Waals surface area contributed by atoms with Crippen LogP contribution in [0.4, 0.5) is 0 Å². The summed E-state index contributed by atoms with van der Waals surface area (Å²) in [6.45, 7) is 7.63. The van der Waals surface area contributed by atoms with Gasteiger partial charge >= 0.3 is 4.87 Å². The van der Waals surface area contributed by atoms with Gasteiger partial charge in [0.2, 0.25) is 5.91 Å². The molecule has 1 atom stereocenters. The van der Waals surface area contributed by atoms with Gasteiger partial charge in [0, 0.05) is 57.4 Å². The number of aryl methyl sites for hydroxylation is 1. The van der Waals surface area contributed by atoms with E-state index in [2.05, 4.69) is 20.4 Å². The van der Waals surface area contributed by atoms with E-state index in [1.54, 1.807) is 6.07 Å². The molecule has 0 aliphatic carbocycles. The van der Waals surface area contributed by atoms with Gasteiger partial charge in [-0.25, -0.2) is 0 Å². The molecule has 13 heteroatoms. The normalized spacial score (nSPS) is 17.6. The van der Waals surface area contributed by atoms with Gasteiger partial charge in [-0.05, 0) is 43.5 Å². The van der Waals surface area contributed by atoms with Crippen LogP contribution in [0.5, 0.6) is 11.5 Å². The van der Waals surface area contributed by atoms with E-state index in [1.165, 1.54) is 6.07 Å². The molecule has 4 aromatic rings. The number of aliphatic hydroxyl groups is 1. The average molecular weight is 638 g/mol. The van der Waals surface area contributed by atoms with Crippen LogP contribution in [0.2, 0.25) is 0 Å². The molecular formula is C32H39N5O7S. The predicted molar refractivity (Wildman–Crippen MR) is 169 cm³/mol. The molecule has 2 aromatic heterocycles. The number of benzene rings is 2. The number of morpholine rings is 1. The number of aliphatic hydroxyl groups excluding tert-OH is 1. The number of hydrogen-bond donors (Lipinski definition) is 4. The number of fused-ring (bicyclic) bond motifs is 1. The minimum absolute atomic E-state index is 0.00945. The third-order valence-electron chi connectivity index (χ3n) is 8.58. The Kier molecular flexibility index (Phi) is 9.52. The summed E-state index contributed by atoms with van der Waals surface area (Å²) in [5.74, 6) is 1.44. The van der Waals surface area contributed by atoms with Gasteiger partial charge in [-0.15, -0.1) is 0 Å². The number of aromatic amines is 1. The number of phenolic OH excluding ortho intramolecular Hbond substituents is 1. The molecule has 4 heterocycles. The maximum atomic E-state index is 12.9. The number of likely N-dealkylation sites (tertiary alicyclic amines) is 1. The summed E-state index contributed by atoms with van der Waals surface area (Å²) in [6.07, 6.45) is 1.15. The van der Waals surface area contributed by atoms with Crippen LogP contribution in [0.25, 0.3) is 10.2 Å². The van der Waals surface area contributed by atoms with Gasteiger partial charge in [0.25, 0.3) is 0 Å². The van der Waals surface area contributed by atoms with Crippen LogP contribution in [0.15, 0.2) is 51.8 Å². The van der Waals surface area contributed by atoms with Gasteiger partial charge in [-0.3, -0.25) is 14.5 Å². The minimum Gasteiger partial charge on any atom is -0.506 e. The van der Waals surface area contributed by atoms with E-state index in [-0.39, 0.29) is 28.6 Å². The number of nitrogens with one attached hydrogen (secondary N) is 2. The average Bonchev–Trinajstić information content (AvgIpc) is 3.64. The Labute approximate surface area is 264 Å². The molecule has 0 radical (unpaired) electrons. The lowest BCUT2D eigenvalue weighted by Crippen LogP contribution is -2.58. The van der Waals surface area contributed by atoms with Crippen molar-refractivity contribution in [3.8, 4) is 11.5 Å². The second kappa shape index (κ2) is 13.7. The molecule has 240 valence electrons. The first-order chi connectivity index (χ1) is 21.8. The minimum atomic E-state index is -0.826. The van der Waals surface area contributed by atoms with Gasteiger partial charge in [0.15, 0.2) is 0 Å². The van der Waals surface area contributed by atoms with Crippen LogP contribution >= 0.6 is 11.3 Å². The van der Waals surface area contributed by atoms with Crippen molar-refractivity contribution >= 4 is 27.5 Å². The fourth-order valence-electron chi connectivity index (χ4n) is 6.07. The molecule has 1 spiro atoms. The number of ether oxygens (including phenoxy) is 2. The number of H-pyrrole nitrogens is 1. The standard InChI is InChI=1S/C32H39N5O7S/c1-21-16-24(44-35-21)17-28(40)37-13-15-43-32(20-37)8-10-36(11-9-32)12-14-42-23-4-2-22(3-5-23)18-33-19-27(39)25-6-7-26(38)29-30(25)45-31(41)34-29/h2-7,16,27,33,38-39H,8-15,17-20H2,1H3,(H,34,41)/t27-/m0/s1. The largest absolute Gasteiger partial charge is 0.506 e. The molecule has 12 nitrogen and oxygen atoms in total. The predicted octanol–water partition coefficient (Wildman–Crippen LogP) is 2.73. The number of phenols is 1. The molecular weight excluding hydrogens is 598 g/mol. The second-order valence-corrected chi connectivity index (χ2v) is 12.8. The summed E-state index contributed by atoms with van der Waals surface area (Å²) >= 11 is 0.976. The molecule has 45 heavy (non-hydrogen) atoms. The number of hydrogen-bond acceptors (Lipinski definition) is 11. The van der Waals surface area contributed by atoms with Crippen LogP contribution in [0.3, 0.4) is 0 Å². The Morgan fingerprint density at radius 1 is 1.20 bits per heavy atom. The summed E-state index contributed by atoms with van der Waals surface area (Å²) in [5.41, 5.74) is 2.49. The zero-order chi connectivity index (χ0) is 31.4. The van der Waals surface area contributed by atoms with E-state index in [9.17, 15) is 19.8 Å². The number of aromatic hydroxyl groups is 1. The summed E-state index contributed by atoms with van der Waals surface area (Å²) in [5, 5.41) is 27.8. The lowest BCUT2D eigenvalue weighted by molar-refractivity contribution is -0.159. The van der Waals surface area contributed by atoms with E-state index in [1.807, 2.05) is 42.2 Å². The molecule has 4 N–H and O–H groups in total. The van der Waals surface area contributed by atoms with Crippen LogP contribution in [0.1, 0.15) is 41.5 Å². The number of carbonyl (C=O) groups excluding carboxylic acids is 1. The number of rotatable bonds is 11. The lowest BCUT2D eigenvalue weighted by atomic mass is 9.89. The first kappa shape index (κ1) is 31.2. The van der Waals surface area contributed by atoms with Crippen LogP contribution in [0, 0.1) is 6.92 Å². The molecule has 0 bridgehead atoms. The maximum Gasteiger partial charge on any atom is 0.305 e. The number of nitrogens with zero attached hydrogens (tertiary/aromatic N) is 3. The first-order valence-electron chi connectivity index (χ1n) is 15.3. The van der Waals surface area contributed by atoms with Gasteiger partial charge in [-0.2, -0.15) is 0 Å². The molecule has 2 aliphatic heterocycles. The van der Waals surface area contributed by atoms with Crippen molar-refractivity contribution < 1.29 is 29.0 Å². The number of amides is 1. The van der Waals surface area contributed by atoms with Crippen LogP contribution < -0.4 is 14.9 Å². The maximum absolute atomic E-state index is 12.9. The van der Waals surface area contributed by atoms with Crippen molar-refractivity contribution in [3.05, 3.63) is 74.7 Å². The number of piperidine rings is 1. The van der Waals surface area contributed by atoms with Gasteiger partial charge in [0.05, 0.1) is 35.1 Å². The highest BCUT2D eigenvalue weighted by molar-refractivity contribution is 7.16. The van der Waals surface area contributed by atoms with Crippen molar-refractivity contribution in [3.63, 3.8) is 0 Å². The van der Waals surface area contributed by atoms with Gasteiger partial charge < -0.3 is 39.4 Å². The molecule has 1 amide bonds. The Morgan fingerprint density at radius 2 is 2.00 bits per heavy atom. The SMILES string of the molecule is Cc1cc(CC(=O)N2CCOC3(CCN(CCOc4ccc(CNC[C@H](O)c5ccc(O)c6[nH]c(=O)sc56)cc4)CC3)C2)on1. The second-order valence-electron chi connectivity index (χ2n) is 11.8. The molecule has 2 aliphatic rings. The molecule has 6 rings (SSSR count). The van der Waals surface area contributed by atoms with Gasteiger partial charge in [-0.1, -0.05) is 34.7 Å². The van der Waals surface area contributed by atoms with E-state index in [0.717, 1.165) is 60.8 Å². The third kappa shape index (κ3) is 7.56. The van der Waals surface area contributed by atoms with E-state index in [4.69, 9.17) is 14.0 Å². The topological polar surface area (TPSA) is 153 Å². The molecule has 2 aromatic carbocycles. The smallest absolute Gasteiger partial charge is 0.305 e. The van der Waals surface area contributed by atoms with Crippen molar-refractivity contribution in [2.45, 2.75) is 44.4 Å². The zero-order valence-corrected chi connectivity index (χ0v) is 26.1. The highest BCUT2D eigenvalue weighted by Gasteiger charge is 2.41. The fourth-order valence-corrected chi connectivity index (χ4v) is 6.98. The Balaban J connectivity index is 0.899. The molecule has 0 saturated carbocycles.